The van der Waals surface area contributed by atoms with Crippen LogP contribution in [0.15, 0.2) is 24.3 Å². The van der Waals surface area contributed by atoms with Gasteiger partial charge in [-0.2, -0.15) is 0 Å². The third-order valence-electron chi connectivity index (χ3n) is 3.08. The van der Waals surface area contributed by atoms with Gasteiger partial charge in [-0.1, -0.05) is 46.4 Å². The van der Waals surface area contributed by atoms with Gasteiger partial charge in [-0.05, 0) is 24.3 Å². The Balaban J connectivity index is 2.06. The van der Waals surface area contributed by atoms with E-state index in [1.165, 1.54) is 0 Å². The SMILES string of the molecule is COc1ccc(C2(Br)Oc3c(Cl)c(Cl)c(Cl)c(Cl)c3O2)cc1. The molecular weight excluding hydrogens is 438 g/mol. The number of ether oxygens (including phenoxy) is 3. The van der Waals surface area contributed by atoms with E-state index < -0.39 is 4.70 Å². The number of methoxy groups -OCH3 is 1. The molecule has 1 aliphatic heterocycles. The zero-order chi connectivity index (χ0) is 16.1. The van der Waals surface area contributed by atoms with E-state index in [4.69, 9.17) is 60.6 Å². The van der Waals surface area contributed by atoms with Crippen LogP contribution < -0.4 is 14.2 Å². The molecule has 3 nitrogen and oxygen atoms in total. The highest BCUT2D eigenvalue weighted by molar-refractivity contribution is 9.09. The zero-order valence-electron chi connectivity index (χ0n) is 10.9. The molecule has 0 saturated heterocycles. The molecule has 116 valence electrons. The third-order valence-corrected chi connectivity index (χ3v) is 5.63. The van der Waals surface area contributed by atoms with Crippen molar-refractivity contribution in [2.75, 3.05) is 7.11 Å². The predicted molar refractivity (Wildman–Crippen MR) is 91.3 cm³/mol. The second-order valence-electron chi connectivity index (χ2n) is 4.38. The van der Waals surface area contributed by atoms with Crippen LogP contribution in [0.2, 0.25) is 20.1 Å². The first-order valence-corrected chi connectivity index (χ1v) is 8.25. The molecule has 0 fully saturated rings. The van der Waals surface area contributed by atoms with Crippen LogP contribution in [0, 0.1) is 0 Å². The normalized spacial score (nSPS) is 15.0. The summed E-state index contributed by atoms with van der Waals surface area (Å²) in [6.45, 7) is 0. The Labute approximate surface area is 155 Å². The van der Waals surface area contributed by atoms with Gasteiger partial charge >= 0.3 is 4.70 Å². The van der Waals surface area contributed by atoms with Gasteiger partial charge in [0.15, 0.2) is 11.5 Å². The summed E-state index contributed by atoms with van der Waals surface area (Å²) in [5, 5.41) is 0.506. The molecule has 0 saturated carbocycles. The average molecular weight is 445 g/mol. The molecule has 2 aromatic rings. The van der Waals surface area contributed by atoms with E-state index in [0.29, 0.717) is 11.3 Å². The van der Waals surface area contributed by atoms with Crippen LogP contribution in [0.5, 0.6) is 17.2 Å². The molecule has 0 aliphatic carbocycles. The van der Waals surface area contributed by atoms with Crippen molar-refractivity contribution in [3.8, 4) is 17.2 Å². The van der Waals surface area contributed by atoms with Crippen molar-refractivity contribution in [1.29, 1.82) is 0 Å². The molecule has 0 atom stereocenters. The fourth-order valence-electron chi connectivity index (χ4n) is 1.97. The minimum atomic E-state index is -1.27. The molecule has 3 rings (SSSR count). The molecule has 0 N–H and O–H groups in total. The van der Waals surface area contributed by atoms with Gasteiger partial charge in [0.2, 0.25) is 0 Å². The van der Waals surface area contributed by atoms with Crippen LogP contribution in [-0.2, 0) is 4.70 Å². The Morgan fingerprint density at radius 2 is 1.32 bits per heavy atom. The summed E-state index contributed by atoms with van der Waals surface area (Å²) in [6, 6.07) is 7.11. The number of halogens is 5. The molecule has 0 radical (unpaired) electrons. The van der Waals surface area contributed by atoms with Crippen molar-refractivity contribution in [2.45, 2.75) is 4.70 Å². The Kier molecular flexibility index (Phi) is 4.34. The van der Waals surface area contributed by atoms with Crippen LogP contribution in [-0.4, -0.2) is 7.11 Å². The minimum absolute atomic E-state index is 0.113. The van der Waals surface area contributed by atoms with E-state index in [-0.39, 0.29) is 31.6 Å². The zero-order valence-corrected chi connectivity index (χ0v) is 15.5. The molecule has 0 unspecified atom stereocenters. The second kappa shape index (κ2) is 5.84. The second-order valence-corrected chi connectivity index (χ2v) is 6.94. The highest BCUT2D eigenvalue weighted by Gasteiger charge is 2.44. The largest absolute Gasteiger partial charge is 0.497 e. The monoisotopic (exact) mass is 442 g/mol. The van der Waals surface area contributed by atoms with E-state index >= 15 is 0 Å². The van der Waals surface area contributed by atoms with Gasteiger partial charge in [-0.15, -0.1) is 0 Å². The molecule has 2 aromatic carbocycles. The maximum Gasteiger partial charge on any atom is 0.337 e. The summed E-state index contributed by atoms with van der Waals surface area (Å²) in [5.74, 6) is 1.17. The Hall–Kier alpha value is -0.520. The first kappa shape index (κ1) is 16.3. The van der Waals surface area contributed by atoms with Crippen LogP contribution in [0.4, 0.5) is 0 Å². The van der Waals surface area contributed by atoms with Crippen molar-refractivity contribution in [3.63, 3.8) is 0 Å². The van der Waals surface area contributed by atoms with Gasteiger partial charge in [0, 0.05) is 21.5 Å². The summed E-state index contributed by atoms with van der Waals surface area (Å²) in [6.07, 6.45) is 0. The molecular formula is C14H7BrCl4O3. The van der Waals surface area contributed by atoms with Gasteiger partial charge in [0.1, 0.15) is 15.8 Å². The van der Waals surface area contributed by atoms with Crippen LogP contribution in [0.25, 0.3) is 0 Å². The predicted octanol–water partition coefficient (Wildman–Crippen LogP) is 6.29. The van der Waals surface area contributed by atoms with Gasteiger partial charge in [-0.25, -0.2) is 0 Å². The van der Waals surface area contributed by atoms with Crippen molar-refractivity contribution in [1.82, 2.24) is 0 Å². The number of hydrogen-bond acceptors (Lipinski definition) is 3. The number of rotatable bonds is 2. The lowest BCUT2D eigenvalue weighted by Gasteiger charge is -2.21. The first-order chi connectivity index (χ1) is 10.4. The summed E-state index contributed by atoms with van der Waals surface area (Å²) >= 11 is 27.8. The quantitative estimate of drug-likeness (QED) is 0.309. The molecule has 0 bridgehead atoms. The van der Waals surface area contributed by atoms with E-state index in [1.807, 2.05) is 0 Å². The van der Waals surface area contributed by atoms with Crippen molar-refractivity contribution in [2.24, 2.45) is 0 Å². The molecule has 1 heterocycles. The molecule has 8 heteroatoms. The maximum absolute atomic E-state index is 6.16. The van der Waals surface area contributed by atoms with Crippen LogP contribution >= 0.6 is 62.3 Å². The van der Waals surface area contributed by atoms with E-state index in [1.54, 1.807) is 31.4 Å². The first-order valence-electron chi connectivity index (χ1n) is 5.95. The van der Waals surface area contributed by atoms with Crippen LogP contribution in [0.3, 0.4) is 0 Å². The smallest absolute Gasteiger partial charge is 0.337 e. The Morgan fingerprint density at radius 3 is 1.73 bits per heavy atom. The Morgan fingerprint density at radius 1 is 0.864 bits per heavy atom. The lowest BCUT2D eigenvalue weighted by Crippen LogP contribution is -2.27. The highest BCUT2D eigenvalue weighted by atomic mass is 79.9. The van der Waals surface area contributed by atoms with Crippen molar-refractivity contribution < 1.29 is 14.2 Å². The lowest BCUT2D eigenvalue weighted by atomic mass is 10.2. The minimum Gasteiger partial charge on any atom is -0.497 e. The molecule has 0 spiro atoms. The van der Waals surface area contributed by atoms with Gasteiger partial charge in [0.25, 0.3) is 0 Å². The van der Waals surface area contributed by atoms with Gasteiger partial charge in [-0.3, -0.25) is 0 Å². The lowest BCUT2D eigenvalue weighted by molar-refractivity contribution is 0.0160. The average Bonchev–Trinajstić information content (AvgIpc) is 2.90. The number of hydrogen-bond donors (Lipinski definition) is 0. The fraction of sp³-hybridized carbons (Fsp3) is 0.143. The number of fused-ring (bicyclic) bond motifs is 1. The number of alkyl halides is 1. The highest BCUT2D eigenvalue weighted by Crippen LogP contribution is 2.58. The van der Waals surface area contributed by atoms with E-state index in [2.05, 4.69) is 15.9 Å². The molecule has 0 aromatic heterocycles. The van der Waals surface area contributed by atoms with Gasteiger partial charge in [0.05, 0.1) is 17.2 Å². The molecule has 0 amide bonds. The summed E-state index contributed by atoms with van der Waals surface area (Å²) in [5.41, 5.74) is 0.684. The van der Waals surface area contributed by atoms with Crippen molar-refractivity contribution >= 4 is 62.3 Å². The number of benzene rings is 2. The topological polar surface area (TPSA) is 27.7 Å². The van der Waals surface area contributed by atoms with Gasteiger partial charge < -0.3 is 14.2 Å². The third kappa shape index (κ3) is 2.51. The summed E-state index contributed by atoms with van der Waals surface area (Å²) < 4.78 is 15.4. The van der Waals surface area contributed by atoms with E-state index in [0.717, 1.165) is 0 Å². The summed E-state index contributed by atoms with van der Waals surface area (Å²) in [7, 11) is 1.58. The van der Waals surface area contributed by atoms with Crippen molar-refractivity contribution in [3.05, 3.63) is 49.9 Å². The maximum atomic E-state index is 6.16. The standard InChI is InChI=1S/C14H7BrCl4O3/c1-20-7-4-2-6(3-5-7)14(15)21-12-10(18)8(16)9(17)11(19)13(12)22-14/h2-5H,1H3. The molecule has 22 heavy (non-hydrogen) atoms. The van der Waals surface area contributed by atoms with Crippen LogP contribution in [0.1, 0.15) is 5.56 Å². The fourth-order valence-corrected chi connectivity index (χ4v) is 3.45. The van der Waals surface area contributed by atoms with E-state index in [9.17, 15) is 0 Å². The summed E-state index contributed by atoms with van der Waals surface area (Å²) in [4.78, 5) is 0. The Bertz CT molecular complexity index is 712. The molecule has 1 aliphatic rings.